The first-order valence-corrected chi connectivity index (χ1v) is 10.2. The van der Waals surface area contributed by atoms with Crippen LogP contribution in [0.4, 0.5) is 4.79 Å². The molecule has 31 heavy (non-hydrogen) atoms. The fourth-order valence-corrected chi connectivity index (χ4v) is 2.73. The Kier molecular flexibility index (Phi) is 8.61. The molecule has 7 heteroatoms. The first-order chi connectivity index (χ1) is 14.6. The highest BCUT2D eigenvalue weighted by atomic mass is 16.6. The highest BCUT2D eigenvalue weighted by molar-refractivity contribution is 5.89. The molecule has 0 saturated heterocycles. The number of carbonyl (C=O) groups is 3. The van der Waals surface area contributed by atoms with Crippen LogP contribution >= 0.6 is 0 Å². The summed E-state index contributed by atoms with van der Waals surface area (Å²) >= 11 is 0. The summed E-state index contributed by atoms with van der Waals surface area (Å²) in [5.41, 5.74) is 1.02. The molecule has 0 heterocycles. The van der Waals surface area contributed by atoms with Crippen molar-refractivity contribution in [1.82, 2.24) is 10.6 Å². The molecule has 2 amide bonds. The van der Waals surface area contributed by atoms with Crippen LogP contribution in [0.3, 0.4) is 0 Å². The summed E-state index contributed by atoms with van der Waals surface area (Å²) < 4.78 is 10.5. The summed E-state index contributed by atoms with van der Waals surface area (Å²) in [6, 6.07) is 16.7. The molecule has 2 rings (SSSR count). The quantitative estimate of drug-likeness (QED) is 0.631. The fraction of sp³-hybridized carbons (Fsp3) is 0.375. The lowest BCUT2D eigenvalue weighted by Gasteiger charge is -2.24. The van der Waals surface area contributed by atoms with Gasteiger partial charge in [-0.25, -0.2) is 9.59 Å². The molecule has 2 aromatic carbocycles. The molecule has 2 N–H and O–H groups in total. The lowest BCUT2D eigenvalue weighted by atomic mass is 10.1. The van der Waals surface area contributed by atoms with Gasteiger partial charge < -0.3 is 20.1 Å². The van der Waals surface area contributed by atoms with Crippen molar-refractivity contribution in [2.45, 2.75) is 58.4 Å². The molecule has 7 nitrogen and oxygen atoms in total. The predicted octanol–water partition coefficient (Wildman–Crippen LogP) is 3.37. The maximum absolute atomic E-state index is 12.8. The molecule has 0 aromatic heterocycles. The molecular weight excluding hydrogens is 396 g/mol. The van der Waals surface area contributed by atoms with Gasteiger partial charge in [-0.2, -0.15) is 0 Å². The van der Waals surface area contributed by atoms with Gasteiger partial charge in [-0.15, -0.1) is 0 Å². The van der Waals surface area contributed by atoms with Crippen LogP contribution in [0.15, 0.2) is 60.7 Å². The number of hydrogen-bond donors (Lipinski definition) is 2. The van der Waals surface area contributed by atoms with Crippen molar-refractivity contribution in [1.29, 1.82) is 0 Å². The van der Waals surface area contributed by atoms with Gasteiger partial charge in [-0.05, 0) is 38.8 Å². The molecule has 0 saturated carbocycles. The van der Waals surface area contributed by atoms with Crippen molar-refractivity contribution >= 4 is 18.0 Å². The Hall–Kier alpha value is -3.35. The maximum Gasteiger partial charge on any atom is 0.408 e. The van der Waals surface area contributed by atoms with Crippen molar-refractivity contribution in [3.63, 3.8) is 0 Å². The standard InChI is InChI=1S/C24H30N2O5/c1-17(22(28)31-24(2,3)4)25-21(27)20(15-18-11-7-5-8-12-18)26-23(29)30-16-19-13-9-6-10-14-19/h5-14,17,20H,15-16H2,1-4H3,(H,25,27)(H,26,29)/t17-,20-/m0/s1. The normalized spacial score (nSPS) is 12.9. The van der Waals surface area contributed by atoms with Crippen molar-refractivity contribution in [3.05, 3.63) is 71.8 Å². The zero-order chi connectivity index (χ0) is 22.9. The molecule has 0 aliphatic rings. The zero-order valence-corrected chi connectivity index (χ0v) is 18.4. The molecule has 166 valence electrons. The van der Waals surface area contributed by atoms with Crippen LogP contribution in [0.5, 0.6) is 0 Å². The highest BCUT2D eigenvalue weighted by Gasteiger charge is 2.27. The van der Waals surface area contributed by atoms with Crippen molar-refractivity contribution in [3.8, 4) is 0 Å². The van der Waals surface area contributed by atoms with E-state index >= 15 is 0 Å². The summed E-state index contributed by atoms with van der Waals surface area (Å²) in [6.45, 7) is 6.88. The average Bonchev–Trinajstić information content (AvgIpc) is 2.72. The van der Waals surface area contributed by atoms with Gasteiger partial charge in [0, 0.05) is 6.42 Å². The van der Waals surface area contributed by atoms with Crippen LogP contribution in [0.1, 0.15) is 38.8 Å². The van der Waals surface area contributed by atoms with Crippen molar-refractivity contribution < 1.29 is 23.9 Å². The van der Waals surface area contributed by atoms with E-state index in [4.69, 9.17) is 9.47 Å². The zero-order valence-electron chi connectivity index (χ0n) is 18.4. The van der Waals surface area contributed by atoms with E-state index in [0.29, 0.717) is 0 Å². The SMILES string of the molecule is C[C@H](NC(=O)[C@H](Cc1ccccc1)NC(=O)OCc1ccccc1)C(=O)OC(C)(C)C. The van der Waals surface area contributed by atoms with Crippen LogP contribution < -0.4 is 10.6 Å². The number of benzene rings is 2. The van der Waals surface area contributed by atoms with Gasteiger partial charge >= 0.3 is 12.1 Å². The first kappa shape index (κ1) is 23.9. The Morgan fingerprint density at radius 2 is 1.42 bits per heavy atom. The summed E-state index contributed by atoms with van der Waals surface area (Å²) in [5.74, 6) is -1.05. The monoisotopic (exact) mass is 426 g/mol. The number of amides is 2. The van der Waals surface area contributed by atoms with Crippen LogP contribution in [-0.4, -0.2) is 35.7 Å². The molecule has 0 radical (unpaired) electrons. The average molecular weight is 427 g/mol. The largest absolute Gasteiger partial charge is 0.458 e. The van der Waals surface area contributed by atoms with Crippen molar-refractivity contribution in [2.75, 3.05) is 0 Å². The lowest BCUT2D eigenvalue weighted by Crippen LogP contribution is -2.52. The Balaban J connectivity index is 2.02. The van der Waals surface area contributed by atoms with Crippen molar-refractivity contribution in [2.24, 2.45) is 0 Å². The first-order valence-electron chi connectivity index (χ1n) is 10.2. The minimum atomic E-state index is -0.921. The van der Waals surface area contributed by atoms with E-state index < -0.39 is 35.7 Å². The molecule has 0 unspecified atom stereocenters. The van der Waals surface area contributed by atoms with E-state index in [-0.39, 0.29) is 13.0 Å². The summed E-state index contributed by atoms with van der Waals surface area (Å²) in [4.78, 5) is 37.4. The molecular formula is C24H30N2O5. The third-order valence-corrected chi connectivity index (χ3v) is 4.22. The van der Waals surface area contributed by atoms with Gasteiger partial charge in [0.15, 0.2) is 0 Å². The maximum atomic E-state index is 12.8. The number of rotatable bonds is 8. The van der Waals surface area contributed by atoms with Gasteiger partial charge in [-0.1, -0.05) is 60.7 Å². The van der Waals surface area contributed by atoms with Crippen LogP contribution in [0, 0.1) is 0 Å². The van der Waals surface area contributed by atoms with E-state index in [0.717, 1.165) is 11.1 Å². The Labute approximate surface area is 183 Å². The second-order valence-corrected chi connectivity index (χ2v) is 8.21. The molecule has 0 spiro atoms. The predicted molar refractivity (Wildman–Crippen MR) is 117 cm³/mol. The molecule has 0 fully saturated rings. The third-order valence-electron chi connectivity index (χ3n) is 4.22. The van der Waals surface area contributed by atoms with Gasteiger partial charge in [0.1, 0.15) is 24.3 Å². The van der Waals surface area contributed by atoms with Crippen LogP contribution in [0.25, 0.3) is 0 Å². The number of carbonyl (C=O) groups excluding carboxylic acids is 3. The second kappa shape index (κ2) is 11.2. The molecule has 0 aliphatic heterocycles. The number of nitrogens with one attached hydrogen (secondary N) is 2. The summed E-state index contributed by atoms with van der Waals surface area (Å²) in [5, 5.41) is 5.22. The van der Waals surface area contributed by atoms with Gasteiger partial charge in [-0.3, -0.25) is 4.79 Å². The number of ether oxygens (including phenoxy) is 2. The smallest absolute Gasteiger partial charge is 0.408 e. The topological polar surface area (TPSA) is 93.7 Å². The highest BCUT2D eigenvalue weighted by Crippen LogP contribution is 2.09. The van der Waals surface area contributed by atoms with Gasteiger partial charge in [0.2, 0.25) is 5.91 Å². The summed E-state index contributed by atoms with van der Waals surface area (Å²) in [6.07, 6.45) is -0.474. The van der Waals surface area contributed by atoms with Crippen LogP contribution in [-0.2, 0) is 32.1 Å². The van der Waals surface area contributed by atoms with E-state index in [2.05, 4.69) is 10.6 Å². The minimum Gasteiger partial charge on any atom is -0.458 e. The van der Waals surface area contributed by atoms with Crippen LogP contribution in [0.2, 0.25) is 0 Å². The fourth-order valence-electron chi connectivity index (χ4n) is 2.73. The van der Waals surface area contributed by atoms with E-state index in [1.165, 1.54) is 0 Å². The molecule has 2 atom stereocenters. The second-order valence-electron chi connectivity index (χ2n) is 8.21. The lowest BCUT2D eigenvalue weighted by molar-refractivity contribution is -0.158. The summed E-state index contributed by atoms with van der Waals surface area (Å²) in [7, 11) is 0. The minimum absolute atomic E-state index is 0.0840. The van der Waals surface area contributed by atoms with Gasteiger partial charge in [0.05, 0.1) is 0 Å². The van der Waals surface area contributed by atoms with E-state index in [9.17, 15) is 14.4 Å². The third kappa shape index (κ3) is 8.90. The molecule has 2 aromatic rings. The van der Waals surface area contributed by atoms with E-state index in [1.54, 1.807) is 27.7 Å². The Morgan fingerprint density at radius 3 is 1.97 bits per heavy atom. The van der Waals surface area contributed by atoms with Gasteiger partial charge in [0.25, 0.3) is 0 Å². The number of hydrogen-bond acceptors (Lipinski definition) is 5. The Morgan fingerprint density at radius 1 is 0.871 bits per heavy atom. The molecule has 0 aliphatic carbocycles. The number of alkyl carbamates (subject to hydrolysis) is 1. The molecule has 0 bridgehead atoms. The number of esters is 1. The Bertz CT molecular complexity index is 863. The van der Waals surface area contributed by atoms with E-state index in [1.807, 2.05) is 60.7 Å².